The third-order valence-electron chi connectivity index (χ3n) is 3.17. The minimum absolute atomic E-state index is 0.805. The summed E-state index contributed by atoms with van der Waals surface area (Å²) in [4.78, 5) is 6.67. The lowest BCUT2D eigenvalue weighted by Crippen LogP contribution is -2.26. The van der Waals surface area contributed by atoms with Crippen molar-refractivity contribution in [1.82, 2.24) is 9.55 Å². The Hall–Kier alpha value is -1.97. The predicted octanol–water partition coefficient (Wildman–Crippen LogP) is 2.07. The van der Waals surface area contributed by atoms with Gasteiger partial charge in [-0.1, -0.05) is 0 Å². The number of aryl methyl sites for hydroxylation is 1. The topological polar surface area (TPSA) is 47.1 Å². The summed E-state index contributed by atoms with van der Waals surface area (Å²) >= 11 is 0. The Morgan fingerprint density at radius 2 is 2.00 bits per heavy atom. The predicted molar refractivity (Wildman–Crippen MR) is 75.7 cm³/mol. The Morgan fingerprint density at radius 1 is 1.28 bits per heavy atom. The van der Waals surface area contributed by atoms with E-state index in [4.69, 9.17) is 5.73 Å². The highest BCUT2D eigenvalue weighted by Gasteiger charge is 2.06. The van der Waals surface area contributed by atoms with Gasteiger partial charge in [0.05, 0.1) is 0 Å². The molecule has 2 rings (SSSR count). The summed E-state index contributed by atoms with van der Waals surface area (Å²) in [5.41, 5.74) is 7.72. The molecule has 0 fully saturated rings. The number of aromatic nitrogens is 2. The fraction of sp³-hybridized carbons (Fsp3) is 0.357. The van der Waals surface area contributed by atoms with Crippen LogP contribution < -0.4 is 10.6 Å². The van der Waals surface area contributed by atoms with Crippen molar-refractivity contribution >= 4 is 11.4 Å². The molecule has 0 spiro atoms. The molecule has 4 heteroatoms. The Morgan fingerprint density at radius 3 is 2.56 bits per heavy atom. The van der Waals surface area contributed by atoms with Crippen LogP contribution in [-0.2, 0) is 13.5 Å². The second kappa shape index (κ2) is 5.58. The first kappa shape index (κ1) is 12.5. The van der Waals surface area contributed by atoms with Crippen LogP contribution in [0.25, 0.3) is 0 Å². The van der Waals surface area contributed by atoms with Gasteiger partial charge in [0.25, 0.3) is 0 Å². The molecule has 4 nitrogen and oxygen atoms in total. The summed E-state index contributed by atoms with van der Waals surface area (Å²) in [5.74, 6) is 1.11. The maximum atomic E-state index is 5.71. The molecule has 0 aliphatic carbocycles. The first-order valence-electron chi connectivity index (χ1n) is 6.27. The van der Waals surface area contributed by atoms with E-state index in [1.165, 1.54) is 5.69 Å². The smallest absolute Gasteiger partial charge is 0.110 e. The fourth-order valence-corrected chi connectivity index (χ4v) is 2.03. The molecular weight excluding hydrogens is 224 g/mol. The van der Waals surface area contributed by atoms with Crippen LogP contribution in [0.2, 0.25) is 0 Å². The molecule has 96 valence electrons. The Bertz CT molecular complexity index is 487. The maximum Gasteiger partial charge on any atom is 0.110 e. The van der Waals surface area contributed by atoms with Crippen molar-refractivity contribution in [2.24, 2.45) is 7.05 Å². The van der Waals surface area contributed by atoms with Gasteiger partial charge in [-0.3, -0.25) is 0 Å². The minimum Gasteiger partial charge on any atom is -0.399 e. The summed E-state index contributed by atoms with van der Waals surface area (Å²) in [7, 11) is 2.03. The van der Waals surface area contributed by atoms with Gasteiger partial charge in [0.2, 0.25) is 0 Å². The second-order valence-electron chi connectivity index (χ2n) is 4.38. The number of anilines is 2. The quantitative estimate of drug-likeness (QED) is 0.819. The summed E-state index contributed by atoms with van der Waals surface area (Å²) in [6, 6.07) is 8.02. The van der Waals surface area contributed by atoms with Crippen molar-refractivity contribution in [3.05, 3.63) is 42.5 Å². The van der Waals surface area contributed by atoms with Crippen molar-refractivity contribution in [3.63, 3.8) is 0 Å². The molecule has 0 saturated carbocycles. The average Bonchev–Trinajstić information content (AvgIpc) is 2.78. The monoisotopic (exact) mass is 244 g/mol. The molecule has 0 radical (unpaired) electrons. The van der Waals surface area contributed by atoms with Crippen molar-refractivity contribution in [1.29, 1.82) is 0 Å². The molecule has 0 amide bonds. The molecule has 18 heavy (non-hydrogen) atoms. The maximum absolute atomic E-state index is 5.71. The van der Waals surface area contributed by atoms with Crippen molar-refractivity contribution in [3.8, 4) is 0 Å². The van der Waals surface area contributed by atoms with Crippen LogP contribution in [0.1, 0.15) is 12.7 Å². The molecule has 0 aliphatic rings. The van der Waals surface area contributed by atoms with Gasteiger partial charge in [-0.2, -0.15) is 0 Å². The Labute approximate surface area is 108 Å². The number of benzene rings is 1. The van der Waals surface area contributed by atoms with Crippen molar-refractivity contribution in [2.45, 2.75) is 13.3 Å². The van der Waals surface area contributed by atoms with Gasteiger partial charge < -0.3 is 15.2 Å². The highest BCUT2D eigenvalue weighted by Crippen LogP contribution is 2.16. The van der Waals surface area contributed by atoms with Crippen LogP contribution in [0.3, 0.4) is 0 Å². The van der Waals surface area contributed by atoms with Crippen LogP contribution >= 0.6 is 0 Å². The highest BCUT2D eigenvalue weighted by atomic mass is 15.1. The van der Waals surface area contributed by atoms with Crippen LogP contribution in [-0.4, -0.2) is 22.6 Å². The van der Waals surface area contributed by atoms with Gasteiger partial charge in [0.1, 0.15) is 5.82 Å². The molecule has 0 aliphatic heterocycles. The minimum atomic E-state index is 0.805. The highest BCUT2D eigenvalue weighted by molar-refractivity contribution is 5.53. The van der Waals surface area contributed by atoms with E-state index in [9.17, 15) is 0 Å². The van der Waals surface area contributed by atoms with Gasteiger partial charge in [0.15, 0.2) is 0 Å². The first-order chi connectivity index (χ1) is 8.70. The molecule has 0 bridgehead atoms. The number of nitrogens with two attached hydrogens (primary N) is 1. The second-order valence-corrected chi connectivity index (χ2v) is 4.38. The lowest BCUT2D eigenvalue weighted by atomic mass is 10.2. The molecular formula is C14H20N4. The fourth-order valence-electron chi connectivity index (χ4n) is 2.03. The third-order valence-corrected chi connectivity index (χ3v) is 3.17. The van der Waals surface area contributed by atoms with E-state index < -0.39 is 0 Å². The van der Waals surface area contributed by atoms with Gasteiger partial charge in [0, 0.05) is 50.3 Å². The van der Waals surface area contributed by atoms with E-state index in [1.54, 1.807) is 0 Å². The van der Waals surface area contributed by atoms with Crippen LogP contribution in [0.15, 0.2) is 36.7 Å². The SMILES string of the molecule is CCN(CCc1nccn1C)c1ccc(N)cc1. The van der Waals surface area contributed by atoms with Gasteiger partial charge in [-0.15, -0.1) is 0 Å². The van der Waals surface area contributed by atoms with Gasteiger partial charge in [-0.05, 0) is 31.2 Å². The Balaban J connectivity index is 2.01. The summed E-state index contributed by atoms with van der Waals surface area (Å²) in [5, 5.41) is 0. The van der Waals surface area contributed by atoms with Crippen LogP contribution in [0.4, 0.5) is 11.4 Å². The van der Waals surface area contributed by atoms with Crippen molar-refractivity contribution in [2.75, 3.05) is 23.7 Å². The van der Waals surface area contributed by atoms with Gasteiger partial charge >= 0.3 is 0 Å². The number of nitrogens with zero attached hydrogens (tertiary/aromatic N) is 3. The van der Waals surface area contributed by atoms with E-state index in [0.717, 1.165) is 31.0 Å². The molecule has 1 heterocycles. The summed E-state index contributed by atoms with van der Waals surface area (Å²) in [6.45, 7) is 4.11. The lowest BCUT2D eigenvalue weighted by molar-refractivity contribution is 0.734. The molecule has 2 aromatic rings. The third kappa shape index (κ3) is 2.83. The number of rotatable bonds is 5. The van der Waals surface area contributed by atoms with E-state index in [2.05, 4.69) is 33.5 Å². The zero-order valence-corrected chi connectivity index (χ0v) is 11.0. The largest absolute Gasteiger partial charge is 0.399 e. The van der Waals surface area contributed by atoms with E-state index in [-0.39, 0.29) is 0 Å². The first-order valence-corrected chi connectivity index (χ1v) is 6.27. The zero-order chi connectivity index (χ0) is 13.0. The number of hydrogen-bond donors (Lipinski definition) is 1. The zero-order valence-electron chi connectivity index (χ0n) is 11.0. The Kier molecular flexibility index (Phi) is 3.87. The molecule has 0 unspecified atom stereocenters. The summed E-state index contributed by atoms with van der Waals surface area (Å²) < 4.78 is 2.07. The molecule has 0 saturated heterocycles. The van der Waals surface area contributed by atoms with Crippen molar-refractivity contribution < 1.29 is 0 Å². The number of nitrogen functional groups attached to an aromatic ring is 1. The van der Waals surface area contributed by atoms with Crippen LogP contribution in [0.5, 0.6) is 0 Å². The molecule has 1 aromatic carbocycles. The van der Waals surface area contributed by atoms with Gasteiger partial charge in [-0.25, -0.2) is 4.98 Å². The lowest BCUT2D eigenvalue weighted by Gasteiger charge is -2.23. The number of imidazole rings is 1. The van der Waals surface area contributed by atoms with Crippen LogP contribution in [0, 0.1) is 0 Å². The standard InChI is InChI=1S/C14H20N4/c1-3-18(13-6-4-12(15)5-7-13)10-8-14-16-9-11-17(14)2/h4-7,9,11H,3,8,10,15H2,1-2H3. The average molecular weight is 244 g/mol. The number of likely N-dealkylation sites (N-methyl/N-ethyl adjacent to an activating group) is 1. The normalized spacial score (nSPS) is 10.6. The molecule has 2 N–H and O–H groups in total. The number of hydrogen-bond acceptors (Lipinski definition) is 3. The molecule has 1 aromatic heterocycles. The van der Waals surface area contributed by atoms with E-state index in [0.29, 0.717) is 0 Å². The van der Waals surface area contributed by atoms with E-state index >= 15 is 0 Å². The molecule has 0 atom stereocenters. The van der Waals surface area contributed by atoms with E-state index in [1.807, 2.05) is 31.6 Å². The summed E-state index contributed by atoms with van der Waals surface area (Å²) in [6.07, 6.45) is 4.77.